The second-order valence-corrected chi connectivity index (χ2v) is 8.11. The van der Waals surface area contributed by atoms with Gasteiger partial charge < -0.3 is 15.0 Å². The Labute approximate surface area is 150 Å². The third-order valence-electron chi connectivity index (χ3n) is 4.66. The molecule has 1 heterocycles. The number of amides is 2. The molecule has 25 heavy (non-hydrogen) atoms. The Hall–Kier alpha value is -2.04. The van der Waals surface area contributed by atoms with Crippen molar-refractivity contribution < 1.29 is 14.3 Å². The first-order valence-corrected chi connectivity index (χ1v) is 8.95. The van der Waals surface area contributed by atoms with E-state index in [0.717, 1.165) is 5.56 Å². The van der Waals surface area contributed by atoms with Crippen LogP contribution < -0.4 is 5.32 Å². The van der Waals surface area contributed by atoms with Crippen molar-refractivity contribution in [2.75, 3.05) is 6.54 Å². The van der Waals surface area contributed by atoms with Crippen LogP contribution >= 0.6 is 0 Å². The zero-order valence-corrected chi connectivity index (χ0v) is 16.1. The fourth-order valence-corrected chi connectivity index (χ4v) is 3.24. The number of benzene rings is 1. The topological polar surface area (TPSA) is 58.6 Å². The SMILES string of the molecule is CC(C)[C@H]1CN([C@H](C)c2ccccc2)C(=O)[C@H]1NC(=O)OC(C)(C)C. The minimum absolute atomic E-state index is 0.0274. The quantitative estimate of drug-likeness (QED) is 0.903. The van der Waals surface area contributed by atoms with E-state index in [9.17, 15) is 9.59 Å². The summed E-state index contributed by atoms with van der Waals surface area (Å²) in [5, 5.41) is 2.80. The highest BCUT2D eigenvalue weighted by Crippen LogP contribution is 2.32. The van der Waals surface area contributed by atoms with Gasteiger partial charge in [0.25, 0.3) is 0 Å². The molecule has 0 aromatic heterocycles. The maximum atomic E-state index is 13.0. The molecule has 1 saturated heterocycles. The van der Waals surface area contributed by atoms with Crippen molar-refractivity contribution in [1.82, 2.24) is 10.2 Å². The van der Waals surface area contributed by atoms with E-state index >= 15 is 0 Å². The second-order valence-electron chi connectivity index (χ2n) is 8.11. The molecular weight excluding hydrogens is 316 g/mol. The van der Waals surface area contributed by atoms with Crippen molar-refractivity contribution in [3.05, 3.63) is 35.9 Å². The van der Waals surface area contributed by atoms with Gasteiger partial charge in [0.05, 0.1) is 6.04 Å². The van der Waals surface area contributed by atoms with Crippen LogP contribution in [-0.4, -0.2) is 35.1 Å². The Morgan fingerprint density at radius 3 is 2.32 bits per heavy atom. The van der Waals surface area contributed by atoms with Crippen LogP contribution in [0.4, 0.5) is 4.79 Å². The number of nitrogens with one attached hydrogen (secondary N) is 1. The fourth-order valence-electron chi connectivity index (χ4n) is 3.24. The lowest BCUT2D eigenvalue weighted by molar-refractivity contribution is -0.131. The Morgan fingerprint density at radius 2 is 1.80 bits per heavy atom. The molecule has 2 rings (SSSR count). The van der Waals surface area contributed by atoms with Crippen LogP contribution in [-0.2, 0) is 9.53 Å². The number of rotatable bonds is 4. The normalized spacial score (nSPS) is 22.2. The van der Waals surface area contributed by atoms with E-state index in [1.54, 1.807) is 0 Å². The Balaban J connectivity index is 2.16. The van der Waals surface area contributed by atoms with Gasteiger partial charge in [-0.25, -0.2) is 4.79 Å². The number of hydrogen-bond donors (Lipinski definition) is 1. The molecule has 3 atom stereocenters. The molecule has 5 heteroatoms. The van der Waals surface area contributed by atoms with Gasteiger partial charge in [-0.05, 0) is 39.2 Å². The number of carbonyl (C=O) groups is 2. The molecule has 0 aliphatic carbocycles. The fraction of sp³-hybridized carbons (Fsp3) is 0.600. The molecule has 0 saturated carbocycles. The van der Waals surface area contributed by atoms with E-state index < -0.39 is 17.7 Å². The van der Waals surface area contributed by atoms with Gasteiger partial charge in [-0.15, -0.1) is 0 Å². The number of likely N-dealkylation sites (tertiary alicyclic amines) is 1. The standard InChI is InChI=1S/C20H30N2O3/c1-13(2)16-12-22(14(3)15-10-8-7-9-11-15)18(23)17(16)21-19(24)25-20(4,5)6/h7-11,13-14,16-17H,12H2,1-6H3,(H,21,24)/t14-,16-,17+/m1/s1. The van der Waals surface area contributed by atoms with Crippen molar-refractivity contribution in [3.8, 4) is 0 Å². The highest BCUT2D eigenvalue weighted by Gasteiger charge is 2.44. The number of hydrogen-bond acceptors (Lipinski definition) is 3. The predicted octanol–water partition coefficient (Wildman–Crippen LogP) is 3.76. The monoisotopic (exact) mass is 346 g/mol. The van der Waals surface area contributed by atoms with Gasteiger partial charge in [0, 0.05) is 12.5 Å². The molecule has 1 N–H and O–H groups in total. The minimum atomic E-state index is -0.587. The van der Waals surface area contributed by atoms with Crippen LogP contribution in [0.25, 0.3) is 0 Å². The summed E-state index contributed by atoms with van der Waals surface area (Å²) >= 11 is 0. The van der Waals surface area contributed by atoms with Crippen molar-refractivity contribution in [2.24, 2.45) is 11.8 Å². The Kier molecular flexibility index (Phi) is 5.76. The van der Waals surface area contributed by atoms with Gasteiger partial charge in [-0.2, -0.15) is 0 Å². The van der Waals surface area contributed by atoms with Crippen LogP contribution in [0.3, 0.4) is 0 Å². The summed E-state index contributed by atoms with van der Waals surface area (Å²) < 4.78 is 5.34. The summed E-state index contributed by atoms with van der Waals surface area (Å²) in [6.45, 7) is 12.3. The van der Waals surface area contributed by atoms with Crippen LogP contribution in [0, 0.1) is 11.8 Å². The van der Waals surface area contributed by atoms with Crippen molar-refractivity contribution in [2.45, 2.75) is 59.2 Å². The van der Waals surface area contributed by atoms with E-state index in [4.69, 9.17) is 4.74 Å². The van der Waals surface area contributed by atoms with E-state index in [1.165, 1.54) is 0 Å². The summed E-state index contributed by atoms with van der Waals surface area (Å²) in [5.74, 6) is 0.295. The lowest BCUT2D eigenvalue weighted by Crippen LogP contribution is -2.47. The molecule has 0 unspecified atom stereocenters. The zero-order valence-electron chi connectivity index (χ0n) is 16.1. The van der Waals surface area contributed by atoms with Crippen LogP contribution in [0.15, 0.2) is 30.3 Å². The molecule has 1 aromatic rings. The number of nitrogens with zero attached hydrogens (tertiary/aromatic N) is 1. The largest absolute Gasteiger partial charge is 0.444 e. The first-order chi connectivity index (χ1) is 11.6. The molecule has 2 amide bonds. The van der Waals surface area contributed by atoms with Gasteiger partial charge in [0.15, 0.2) is 0 Å². The highest BCUT2D eigenvalue weighted by atomic mass is 16.6. The molecule has 0 radical (unpaired) electrons. The van der Waals surface area contributed by atoms with Crippen molar-refractivity contribution >= 4 is 12.0 Å². The van der Waals surface area contributed by atoms with Crippen LogP contribution in [0.2, 0.25) is 0 Å². The smallest absolute Gasteiger partial charge is 0.408 e. The molecule has 1 aromatic carbocycles. The lowest BCUT2D eigenvalue weighted by Gasteiger charge is -2.25. The Bertz CT molecular complexity index is 607. The maximum absolute atomic E-state index is 13.0. The minimum Gasteiger partial charge on any atom is -0.444 e. The summed E-state index contributed by atoms with van der Waals surface area (Å²) in [6, 6.07) is 9.40. The molecule has 0 bridgehead atoms. The molecular formula is C20H30N2O3. The van der Waals surface area contributed by atoms with Gasteiger partial charge in [0.1, 0.15) is 11.6 Å². The number of carbonyl (C=O) groups excluding carboxylic acids is 2. The molecule has 5 nitrogen and oxygen atoms in total. The van der Waals surface area contributed by atoms with E-state index in [0.29, 0.717) is 6.54 Å². The average Bonchev–Trinajstić information content (AvgIpc) is 2.83. The predicted molar refractivity (Wildman–Crippen MR) is 98.1 cm³/mol. The van der Waals surface area contributed by atoms with Crippen molar-refractivity contribution in [3.63, 3.8) is 0 Å². The summed E-state index contributed by atoms with van der Waals surface area (Å²) in [7, 11) is 0. The summed E-state index contributed by atoms with van der Waals surface area (Å²) in [6.07, 6.45) is -0.536. The van der Waals surface area contributed by atoms with Gasteiger partial charge in [-0.1, -0.05) is 44.2 Å². The molecule has 138 valence electrons. The third-order valence-corrected chi connectivity index (χ3v) is 4.66. The number of ether oxygens (including phenoxy) is 1. The first kappa shape index (κ1) is 19.3. The maximum Gasteiger partial charge on any atom is 0.408 e. The third kappa shape index (κ3) is 4.74. The molecule has 1 aliphatic heterocycles. The molecule has 0 spiro atoms. The summed E-state index contributed by atoms with van der Waals surface area (Å²) in [4.78, 5) is 27.0. The second kappa shape index (κ2) is 7.46. The molecule has 1 aliphatic rings. The number of alkyl carbamates (subject to hydrolysis) is 1. The van der Waals surface area contributed by atoms with Gasteiger partial charge in [-0.3, -0.25) is 4.79 Å². The van der Waals surface area contributed by atoms with Crippen molar-refractivity contribution in [1.29, 1.82) is 0 Å². The van der Waals surface area contributed by atoms with E-state index in [-0.39, 0.29) is 23.8 Å². The molecule has 1 fully saturated rings. The Morgan fingerprint density at radius 1 is 1.20 bits per heavy atom. The average molecular weight is 346 g/mol. The summed E-state index contributed by atoms with van der Waals surface area (Å²) in [5.41, 5.74) is 0.507. The van der Waals surface area contributed by atoms with Crippen LogP contribution in [0.5, 0.6) is 0 Å². The zero-order chi connectivity index (χ0) is 18.8. The van der Waals surface area contributed by atoms with Crippen LogP contribution in [0.1, 0.15) is 53.1 Å². The lowest BCUT2D eigenvalue weighted by atomic mass is 9.91. The van der Waals surface area contributed by atoms with E-state index in [2.05, 4.69) is 19.2 Å². The highest BCUT2D eigenvalue weighted by molar-refractivity contribution is 5.88. The van der Waals surface area contributed by atoms with E-state index in [1.807, 2.05) is 62.9 Å². The van der Waals surface area contributed by atoms with Gasteiger partial charge in [0.2, 0.25) is 5.91 Å². The van der Waals surface area contributed by atoms with Gasteiger partial charge >= 0.3 is 6.09 Å². The first-order valence-electron chi connectivity index (χ1n) is 8.95.